The van der Waals surface area contributed by atoms with Crippen molar-refractivity contribution < 1.29 is 16.8 Å². The van der Waals surface area contributed by atoms with E-state index in [0.29, 0.717) is 34.0 Å². The maximum atomic E-state index is 13.2. The summed E-state index contributed by atoms with van der Waals surface area (Å²) in [5.74, 6) is 0. The van der Waals surface area contributed by atoms with Gasteiger partial charge in [-0.05, 0) is 54.4 Å². The van der Waals surface area contributed by atoms with E-state index in [1.807, 2.05) is 12.1 Å². The quantitative estimate of drug-likeness (QED) is 0.346. The fourth-order valence-corrected chi connectivity index (χ4v) is 8.10. The fourth-order valence-electron chi connectivity index (χ4n) is 4.95. The van der Waals surface area contributed by atoms with Crippen molar-refractivity contribution in [2.75, 3.05) is 29.3 Å². The molecule has 37 heavy (non-hydrogen) atoms. The molecule has 4 aromatic rings. The average Bonchev–Trinajstić information content (AvgIpc) is 3.45. The number of hydrogen-bond donors (Lipinski definition) is 2. The number of fused-ring (bicyclic) bond motifs is 2. The molecule has 12 heteroatoms. The Morgan fingerprint density at radius 1 is 0.865 bits per heavy atom. The molecule has 2 aliphatic heterocycles. The molecule has 0 unspecified atom stereocenters. The summed E-state index contributed by atoms with van der Waals surface area (Å²) < 4.78 is 56.4. The van der Waals surface area contributed by atoms with E-state index in [1.165, 1.54) is 52.1 Å². The van der Waals surface area contributed by atoms with Gasteiger partial charge in [-0.25, -0.2) is 16.8 Å². The van der Waals surface area contributed by atoms with Crippen molar-refractivity contribution in [3.05, 3.63) is 82.5 Å². The lowest BCUT2D eigenvalue weighted by Gasteiger charge is -2.44. The number of benzene rings is 3. The van der Waals surface area contributed by atoms with E-state index in [2.05, 4.69) is 26.7 Å². The molecule has 8 nitrogen and oxygen atoms in total. The molecule has 0 spiro atoms. The maximum absolute atomic E-state index is 13.2. The number of nitrogens with one attached hydrogen (secondary N) is 2. The first-order valence-corrected chi connectivity index (χ1v) is 15.3. The van der Waals surface area contributed by atoms with E-state index < -0.39 is 20.0 Å². The smallest absolute Gasteiger partial charge is 0.261 e. The average molecular weight is 578 g/mol. The van der Waals surface area contributed by atoms with Crippen LogP contribution >= 0.6 is 23.2 Å². The SMILES string of the molecule is O=S(=O)(Nc1ccc(Cl)c2c(Cl)c[nH]c12)c1ccc(S(=O)(=O)N2CC(N3CCc4ccccc43)C2)cc1. The van der Waals surface area contributed by atoms with Crippen LogP contribution in [0, 0.1) is 0 Å². The molecule has 1 aromatic heterocycles. The van der Waals surface area contributed by atoms with Crippen LogP contribution in [0.25, 0.3) is 10.9 Å². The highest BCUT2D eigenvalue weighted by molar-refractivity contribution is 7.92. The zero-order valence-corrected chi connectivity index (χ0v) is 22.5. The molecule has 0 aliphatic carbocycles. The van der Waals surface area contributed by atoms with E-state index in [9.17, 15) is 16.8 Å². The molecule has 6 rings (SSSR count). The lowest BCUT2D eigenvalue weighted by molar-refractivity contribution is 0.255. The summed E-state index contributed by atoms with van der Waals surface area (Å²) >= 11 is 12.3. The Bertz CT molecular complexity index is 1730. The second kappa shape index (κ2) is 8.92. The summed E-state index contributed by atoms with van der Waals surface area (Å²) in [4.78, 5) is 5.18. The third-order valence-electron chi connectivity index (χ3n) is 6.95. The Morgan fingerprint density at radius 3 is 2.32 bits per heavy atom. The predicted molar refractivity (Wildman–Crippen MR) is 146 cm³/mol. The molecule has 0 atom stereocenters. The molecule has 0 bridgehead atoms. The molecule has 1 fully saturated rings. The Morgan fingerprint density at radius 2 is 1.57 bits per heavy atom. The number of rotatable bonds is 6. The predicted octanol–water partition coefficient (Wildman–Crippen LogP) is 4.71. The summed E-state index contributed by atoms with van der Waals surface area (Å²) in [6.07, 6.45) is 2.49. The van der Waals surface area contributed by atoms with Gasteiger partial charge in [0.15, 0.2) is 0 Å². The highest BCUT2D eigenvalue weighted by Gasteiger charge is 2.41. The third-order valence-corrected chi connectivity index (χ3v) is 10.8. The number of sulfonamides is 2. The number of para-hydroxylation sites is 1. The normalized spacial score (nSPS) is 16.6. The van der Waals surface area contributed by atoms with Crippen LogP contribution in [0.2, 0.25) is 10.0 Å². The van der Waals surface area contributed by atoms with E-state index in [1.54, 1.807) is 6.07 Å². The van der Waals surface area contributed by atoms with Gasteiger partial charge in [0.05, 0.1) is 37.1 Å². The Hall–Kier alpha value is -2.76. The van der Waals surface area contributed by atoms with Crippen LogP contribution in [0.1, 0.15) is 5.56 Å². The van der Waals surface area contributed by atoms with Gasteiger partial charge >= 0.3 is 0 Å². The fraction of sp³-hybridized carbons (Fsp3) is 0.200. The van der Waals surface area contributed by atoms with Gasteiger partial charge in [0, 0.05) is 36.9 Å². The van der Waals surface area contributed by atoms with Gasteiger partial charge in [0.25, 0.3) is 10.0 Å². The lowest BCUT2D eigenvalue weighted by atomic mass is 10.1. The van der Waals surface area contributed by atoms with Gasteiger partial charge in [0.1, 0.15) is 0 Å². The summed E-state index contributed by atoms with van der Waals surface area (Å²) in [7, 11) is -7.74. The Balaban J connectivity index is 1.17. The minimum absolute atomic E-state index is 0.0526. The summed E-state index contributed by atoms with van der Waals surface area (Å²) in [5.41, 5.74) is 3.19. The van der Waals surface area contributed by atoms with E-state index in [-0.39, 0.29) is 21.5 Å². The zero-order chi connectivity index (χ0) is 25.9. The van der Waals surface area contributed by atoms with Gasteiger partial charge in [-0.3, -0.25) is 4.72 Å². The van der Waals surface area contributed by atoms with Crippen molar-refractivity contribution in [1.29, 1.82) is 0 Å². The highest BCUT2D eigenvalue weighted by Crippen LogP contribution is 2.36. The first kappa shape index (κ1) is 24.6. The Kier molecular flexibility index (Phi) is 5.92. The largest absolute Gasteiger partial charge is 0.365 e. The van der Waals surface area contributed by atoms with Crippen LogP contribution in [0.3, 0.4) is 0 Å². The van der Waals surface area contributed by atoms with E-state index >= 15 is 0 Å². The molecular formula is C25H22Cl2N4O4S2. The summed E-state index contributed by atoms with van der Waals surface area (Å²) in [6, 6.07) is 16.6. The molecule has 2 aliphatic rings. The minimum Gasteiger partial charge on any atom is -0.365 e. The molecule has 2 N–H and O–H groups in total. The van der Waals surface area contributed by atoms with Crippen molar-refractivity contribution in [3.8, 4) is 0 Å². The number of aromatic amines is 1. The van der Waals surface area contributed by atoms with Crippen LogP contribution in [0.15, 0.2) is 76.7 Å². The number of anilines is 2. The number of halogens is 2. The molecule has 3 heterocycles. The molecular weight excluding hydrogens is 555 g/mol. The van der Waals surface area contributed by atoms with Crippen LogP contribution in [0.4, 0.5) is 11.4 Å². The van der Waals surface area contributed by atoms with Crippen molar-refractivity contribution in [3.63, 3.8) is 0 Å². The van der Waals surface area contributed by atoms with Crippen molar-refractivity contribution in [1.82, 2.24) is 9.29 Å². The highest BCUT2D eigenvalue weighted by atomic mass is 35.5. The monoisotopic (exact) mass is 576 g/mol. The van der Waals surface area contributed by atoms with Crippen LogP contribution in [0.5, 0.6) is 0 Å². The van der Waals surface area contributed by atoms with Crippen molar-refractivity contribution >= 4 is 65.5 Å². The topological polar surface area (TPSA) is 103 Å². The van der Waals surface area contributed by atoms with Gasteiger partial charge in [-0.15, -0.1) is 0 Å². The third kappa shape index (κ3) is 4.17. The Labute approximate surface area is 224 Å². The molecule has 0 saturated carbocycles. The second-order valence-electron chi connectivity index (χ2n) is 9.11. The van der Waals surface area contributed by atoms with Gasteiger partial charge in [-0.2, -0.15) is 4.31 Å². The zero-order valence-electron chi connectivity index (χ0n) is 19.4. The van der Waals surface area contributed by atoms with Gasteiger partial charge in [0.2, 0.25) is 10.0 Å². The summed E-state index contributed by atoms with van der Waals surface area (Å²) in [6.45, 7) is 1.67. The van der Waals surface area contributed by atoms with E-state index in [4.69, 9.17) is 23.2 Å². The van der Waals surface area contributed by atoms with Gasteiger partial charge < -0.3 is 9.88 Å². The standard InChI is InChI=1S/C25H22Cl2N4O4S2/c26-20-9-10-22(25-24(20)21(27)13-28-25)29-36(32,33)18-5-7-19(8-6-18)37(34,35)30-14-17(15-30)31-12-11-16-3-1-2-4-23(16)31/h1-10,13,17,28-29H,11-12,14-15H2. The number of H-pyrrole nitrogens is 1. The number of hydrogen-bond acceptors (Lipinski definition) is 5. The van der Waals surface area contributed by atoms with E-state index in [0.717, 1.165) is 13.0 Å². The van der Waals surface area contributed by atoms with Crippen LogP contribution in [-0.2, 0) is 26.5 Å². The molecule has 1 saturated heterocycles. The maximum Gasteiger partial charge on any atom is 0.261 e. The lowest BCUT2D eigenvalue weighted by Crippen LogP contribution is -2.60. The molecule has 0 amide bonds. The first-order chi connectivity index (χ1) is 17.6. The second-order valence-corrected chi connectivity index (χ2v) is 13.5. The molecule has 192 valence electrons. The molecule has 0 radical (unpaired) electrons. The summed E-state index contributed by atoms with van der Waals surface area (Å²) in [5, 5.41) is 1.27. The molecule has 3 aromatic carbocycles. The van der Waals surface area contributed by atoms with Crippen molar-refractivity contribution in [2.45, 2.75) is 22.3 Å². The number of aromatic nitrogens is 1. The van der Waals surface area contributed by atoms with Crippen molar-refractivity contribution in [2.24, 2.45) is 0 Å². The van der Waals surface area contributed by atoms with Crippen LogP contribution in [-0.4, -0.2) is 51.8 Å². The number of nitrogens with zero attached hydrogens (tertiary/aromatic N) is 2. The van der Waals surface area contributed by atoms with Gasteiger partial charge in [-0.1, -0.05) is 41.4 Å². The van der Waals surface area contributed by atoms with Crippen LogP contribution < -0.4 is 9.62 Å². The first-order valence-electron chi connectivity index (χ1n) is 11.6. The minimum atomic E-state index is -4.00.